The molecule has 2 heteroatoms. The fourth-order valence-electron chi connectivity index (χ4n) is 3.20. The predicted octanol–water partition coefficient (Wildman–Crippen LogP) is 1.50. The molecule has 74 valence electrons. The molecule has 1 fully saturated rings. The molecule has 2 nitrogen and oxygen atoms in total. The van der Waals surface area contributed by atoms with Gasteiger partial charge < -0.3 is 5.32 Å². The molecule has 0 radical (unpaired) electrons. The Morgan fingerprint density at radius 1 is 1.57 bits per heavy atom. The zero-order valence-corrected chi connectivity index (χ0v) is 8.59. The van der Waals surface area contributed by atoms with Gasteiger partial charge in [-0.1, -0.05) is 6.92 Å². The highest BCUT2D eigenvalue weighted by molar-refractivity contribution is 5.39. The Morgan fingerprint density at radius 3 is 3.29 bits per heavy atom. The van der Waals surface area contributed by atoms with Crippen molar-refractivity contribution in [1.29, 1.82) is 0 Å². The van der Waals surface area contributed by atoms with Gasteiger partial charge in [0.15, 0.2) is 0 Å². The third-order valence-electron chi connectivity index (χ3n) is 4.11. The van der Waals surface area contributed by atoms with Gasteiger partial charge in [0, 0.05) is 24.4 Å². The summed E-state index contributed by atoms with van der Waals surface area (Å²) in [6.07, 6.45) is 6.53. The second kappa shape index (κ2) is 2.80. The molecule has 1 spiro atoms. The first kappa shape index (κ1) is 8.42. The van der Waals surface area contributed by atoms with E-state index in [-0.39, 0.29) is 0 Å². The number of aromatic nitrogens is 1. The highest BCUT2D eigenvalue weighted by atomic mass is 14.9. The molecule has 3 rings (SSSR count). The van der Waals surface area contributed by atoms with Gasteiger partial charge in [0.2, 0.25) is 0 Å². The maximum atomic E-state index is 4.28. The van der Waals surface area contributed by atoms with E-state index in [4.69, 9.17) is 0 Å². The van der Waals surface area contributed by atoms with Crippen molar-refractivity contribution in [3.63, 3.8) is 0 Å². The number of hydrogen-bond donors (Lipinski definition) is 1. The van der Waals surface area contributed by atoms with E-state index in [1.54, 1.807) is 0 Å². The van der Waals surface area contributed by atoms with Crippen LogP contribution in [0.25, 0.3) is 0 Å². The van der Waals surface area contributed by atoms with Crippen LogP contribution in [-0.4, -0.2) is 18.1 Å². The molecule has 0 bridgehead atoms. The summed E-state index contributed by atoms with van der Waals surface area (Å²) in [5.41, 5.74) is 3.44. The van der Waals surface area contributed by atoms with Crippen LogP contribution in [0.2, 0.25) is 0 Å². The second-order valence-electron chi connectivity index (χ2n) is 4.72. The minimum Gasteiger partial charge on any atom is -0.316 e. The van der Waals surface area contributed by atoms with Gasteiger partial charge in [-0.15, -0.1) is 0 Å². The van der Waals surface area contributed by atoms with Crippen LogP contribution < -0.4 is 5.32 Å². The second-order valence-corrected chi connectivity index (χ2v) is 4.72. The molecular formula is C12H16N2. The summed E-state index contributed by atoms with van der Waals surface area (Å²) in [6, 6.07) is 2.19. The monoisotopic (exact) mass is 188 g/mol. The Morgan fingerprint density at radius 2 is 2.50 bits per heavy atom. The highest BCUT2D eigenvalue weighted by Gasteiger charge is 2.46. The molecule has 0 saturated carbocycles. The Kier molecular flexibility index (Phi) is 1.68. The van der Waals surface area contributed by atoms with Crippen molar-refractivity contribution < 1.29 is 0 Å². The van der Waals surface area contributed by atoms with Gasteiger partial charge in [-0.05, 0) is 42.5 Å². The summed E-state index contributed by atoms with van der Waals surface area (Å²) in [4.78, 5) is 4.28. The lowest BCUT2D eigenvalue weighted by Gasteiger charge is -2.28. The van der Waals surface area contributed by atoms with E-state index in [2.05, 4.69) is 29.5 Å². The van der Waals surface area contributed by atoms with Crippen LogP contribution in [0.4, 0.5) is 0 Å². The molecule has 1 saturated heterocycles. The van der Waals surface area contributed by atoms with Crippen molar-refractivity contribution >= 4 is 0 Å². The highest BCUT2D eigenvalue weighted by Crippen LogP contribution is 2.46. The van der Waals surface area contributed by atoms with Crippen molar-refractivity contribution in [2.75, 3.05) is 13.1 Å². The van der Waals surface area contributed by atoms with Gasteiger partial charge in [-0.25, -0.2) is 0 Å². The van der Waals surface area contributed by atoms with Crippen LogP contribution in [0.1, 0.15) is 24.5 Å². The van der Waals surface area contributed by atoms with Crippen molar-refractivity contribution in [2.24, 2.45) is 5.92 Å². The van der Waals surface area contributed by atoms with Crippen LogP contribution in [0, 0.1) is 5.92 Å². The molecule has 1 aliphatic heterocycles. The Bertz CT molecular complexity index is 353. The number of pyridine rings is 1. The smallest absolute Gasteiger partial charge is 0.0308 e. The molecule has 1 aliphatic carbocycles. The normalized spacial score (nSPS) is 35.1. The number of hydrogen-bond acceptors (Lipinski definition) is 2. The first-order chi connectivity index (χ1) is 6.83. The fourth-order valence-corrected chi connectivity index (χ4v) is 3.20. The predicted molar refractivity (Wildman–Crippen MR) is 56.3 cm³/mol. The topological polar surface area (TPSA) is 24.9 Å². The Balaban J connectivity index is 2.14. The summed E-state index contributed by atoms with van der Waals surface area (Å²) in [6.45, 7) is 4.69. The molecule has 1 aromatic rings. The molecule has 14 heavy (non-hydrogen) atoms. The van der Waals surface area contributed by atoms with E-state index in [1.807, 2.05) is 6.20 Å². The molecule has 0 amide bonds. The molecule has 0 aromatic carbocycles. The lowest BCUT2D eigenvalue weighted by atomic mass is 9.75. The molecule has 2 atom stereocenters. The zero-order valence-electron chi connectivity index (χ0n) is 8.59. The van der Waals surface area contributed by atoms with Crippen molar-refractivity contribution in [2.45, 2.75) is 25.2 Å². The van der Waals surface area contributed by atoms with Gasteiger partial charge in [-0.3, -0.25) is 4.98 Å². The van der Waals surface area contributed by atoms with Crippen molar-refractivity contribution in [3.8, 4) is 0 Å². The zero-order chi connectivity index (χ0) is 9.60. The van der Waals surface area contributed by atoms with Gasteiger partial charge >= 0.3 is 0 Å². The number of fused-ring (bicyclic) bond motifs is 2. The van der Waals surface area contributed by atoms with E-state index >= 15 is 0 Å². The fraction of sp³-hybridized carbons (Fsp3) is 0.583. The molecular weight excluding hydrogens is 172 g/mol. The maximum Gasteiger partial charge on any atom is 0.0308 e. The summed E-state index contributed by atoms with van der Waals surface area (Å²) in [5, 5.41) is 3.50. The molecule has 1 aromatic heterocycles. The molecule has 2 unspecified atom stereocenters. The summed E-state index contributed by atoms with van der Waals surface area (Å²) < 4.78 is 0. The standard InChI is InChI=1S/C12H16N2/c1-9-6-10-2-4-13-7-11(10)12(9)3-5-14-8-12/h2,4,7,9,14H,3,5-6,8H2,1H3. The van der Waals surface area contributed by atoms with Crippen LogP contribution >= 0.6 is 0 Å². The average Bonchev–Trinajstić information content (AvgIpc) is 2.77. The molecule has 1 N–H and O–H groups in total. The van der Waals surface area contributed by atoms with Crippen LogP contribution in [0.5, 0.6) is 0 Å². The number of nitrogens with zero attached hydrogens (tertiary/aromatic N) is 1. The first-order valence-electron chi connectivity index (χ1n) is 5.47. The van der Waals surface area contributed by atoms with Crippen molar-refractivity contribution in [3.05, 3.63) is 29.6 Å². The first-order valence-corrected chi connectivity index (χ1v) is 5.47. The van der Waals surface area contributed by atoms with Gasteiger partial charge in [0.1, 0.15) is 0 Å². The third kappa shape index (κ3) is 0.921. The van der Waals surface area contributed by atoms with Crippen LogP contribution in [-0.2, 0) is 11.8 Å². The molecule has 2 aliphatic rings. The number of rotatable bonds is 0. The van der Waals surface area contributed by atoms with Crippen LogP contribution in [0.3, 0.4) is 0 Å². The maximum absolute atomic E-state index is 4.28. The largest absolute Gasteiger partial charge is 0.316 e. The minimum absolute atomic E-state index is 0.406. The number of nitrogens with one attached hydrogen (secondary N) is 1. The Labute approximate surface area is 84.7 Å². The van der Waals surface area contributed by atoms with E-state index in [1.165, 1.54) is 30.5 Å². The SMILES string of the molecule is CC1Cc2ccncc2C12CCNC2. The van der Waals surface area contributed by atoms with E-state index < -0.39 is 0 Å². The van der Waals surface area contributed by atoms with Gasteiger partial charge in [-0.2, -0.15) is 0 Å². The molecule has 2 heterocycles. The van der Waals surface area contributed by atoms with Crippen LogP contribution in [0.15, 0.2) is 18.5 Å². The summed E-state index contributed by atoms with van der Waals surface area (Å²) >= 11 is 0. The summed E-state index contributed by atoms with van der Waals surface area (Å²) in [7, 11) is 0. The summed E-state index contributed by atoms with van der Waals surface area (Å²) in [5.74, 6) is 0.775. The van der Waals surface area contributed by atoms with Crippen molar-refractivity contribution in [1.82, 2.24) is 10.3 Å². The van der Waals surface area contributed by atoms with E-state index in [9.17, 15) is 0 Å². The van der Waals surface area contributed by atoms with E-state index in [0.29, 0.717) is 5.41 Å². The lowest BCUT2D eigenvalue weighted by Crippen LogP contribution is -2.32. The lowest BCUT2D eigenvalue weighted by molar-refractivity contribution is 0.344. The average molecular weight is 188 g/mol. The Hall–Kier alpha value is -0.890. The van der Waals surface area contributed by atoms with Gasteiger partial charge in [0.05, 0.1) is 0 Å². The van der Waals surface area contributed by atoms with E-state index in [0.717, 1.165) is 12.5 Å². The third-order valence-corrected chi connectivity index (χ3v) is 4.11. The quantitative estimate of drug-likeness (QED) is 0.667. The van der Waals surface area contributed by atoms with Gasteiger partial charge in [0.25, 0.3) is 0 Å². The minimum atomic E-state index is 0.406.